The van der Waals surface area contributed by atoms with E-state index in [4.69, 9.17) is 4.43 Å². The van der Waals surface area contributed by atoms with E-state index >= 15 is 0 Å². The van der Waals surface area contributed by atoms with Gasteiger partial charge in [-0.05, 0) is 61.5 Å². The standard InChI is InChI=1S/C33H47NO3SSi2/c1-33(2,3)40(6,7)37-27-17-15-22-31(39(4,5)29-20-12-9-13-21-29)30(25-24-28-18-10-8-11-19-28)38(35,36)32-23-14-16-26-34-32/h8-14,16,18-23,26,30H,15,17,24-25,27H2,1-7H3/b31-22+. The molecule has 0 N–H and O–H groups in total. The summed E-state index contributed by atoms with van der Waals surface area (Å²) in [6.07, 6.45) is 6.66. The number of unbranched alkanes of at least 4 members (excludes halogenated alkanes) is 1. The zero-order valence-electron chi connectivity index (χ0n) is 25.4. The van der Waals surface area contributed by atoms with Crippen molar-refractivity contribution in [2.45, 2.75) is 88.0 Å². The Morgan fingerprint density at radius 1 is 0.900 bits per heavy atom. The van der Waals surface area contributed by atoms with E-state index in [-0.39, 0.29) is 10.1 Å². The topological polar surface area (TPSA) is 56.3 Å². The molecule has 40 heavy (non-hydrogen) atoms. The Labute approximate surface area is 245 Å². The van der Waals surface area contributed by atoms with Crippen molar-refractivity contribution >= 4 is 31.4 Å². The number of nitrogens with zero attached hydrogens (tertiary/aromatic N) is 1. The first-order valence-corrected chi connectivity index (χ1v) is 21.8. The van der Waals surface area contributed by atoms with E-state index in [9.17, 15) is 8.42 Å². The third-order valence-corrected chi connectivity index (χ3v) is 19.0. The summed E-state index contributed by atoms with van der Waals surface area (Å²) in [5, 5.41) is 1.96. The zero-order chi connectivity index (χ0) is 29.4. The number of rotatable bonds is 13. The second-order valence-corrected chi connectivity index (χ2v) is 23.9. The molecule has 7 heteroatoms. The van der Waals surface area contributed by atoms with Crippen LogP contribution in [0.1, 0.15) is 45.6 Å². The molecular weight excluding hydrogens is 547 g/mol. The molecule has 1 heterocycles. The van der Waals surface area contributed by atoms with Crippen LogP contribution < -0.4 is 5.19 Å². The van der Waals surface area contributed by atoms with Gasteiger partial charge in [0, 0.05) is 12.8 Å². The summed E-state index contributed by atoms with van der Waals surface area (Å²) in [5.41, 5.74) is 1.14. The highest BCUT2D eigenvalue weighted by Gasteiger charge is 2.40. The van der Waals surface area contributed by atoms with Crippen LogP contribution >= 0.6 is 0 Å². The summed E-state index contributed by atoms with van der Waals surface area (Å²) in [5.74, 6) is 0. The van der Waals surface area contributed by atoms with Gasteiger partial charge in [0.05, 0.1) is 5.25 Å². The van der Waals surface area contributed by atoms with Crippen LogP contribution in [0.5, 0.6) is 0 Å². The van der Waals surface area contributed by atoms with E-state index in [1.807, 2.05) is 24.3 Å². The van der Waals surface area contributed by atoms with Crippen molar-refractivity contribution in [2.24, 2.45) is 0 Å². The summed E-state index contributed by atoms with van der Waals surface area (Å²) in [6, 6.07) is 25.8. The van der Waals surface area contributed by atoms with Gasteiger partial charge in [-0.15, -0.1) is 0 Å². The smallest absolute Gasteiger partial charge is 0.201 e. The monoisotopic (exact) mass is 593 g/mol. The van der Waals surface area contributed by atoms with E-state index in [0.717, 1.165) is 23.6 Å². The fourth-order valence-electron chi connectivity index (χ4n) is 4.78. The minimum atomic E-state index is -3.72. The van der Waals surface area contributed by atoms with E-state index in [2.05, 4.69) is 94.4 Å². The minimum Gasteiger partial charge on any atom is -0.417 e. The van der Waals surface area contributed by atoms with E-state index < -0.39 is 31.5 Å². The molecule has 0 saturated heterocycles. The Bertz CT molecular complexity index is 1330. The lowest BCUT2D eigenvalue weighted by Gasteiger charge is -2.36. The van der Waals surface area contributed by atoms with Crippen LogP contribution in [0, 0.1) is 0 Å². The molecule has 3 rings (SSSR count). The normalized spacial score (nSPS) is 14.2. The van der Waals surface area contributed by atoms with Crippen molar-refractivity contribution in [2.75, 3.05) is 6.61 Å². The van der Waals surface area contributed by atoms with Crippen LogP contribution in [-0.2, 0) is 20.7 Å². The Kier molecular flexibility index (Phi) is 10.9. The highest BCUT2D eigenvalue weighted by molar-refractivity contribution is 7.92. The second-order valence-electron chi connectivity index (χ2n) is 12.6. The molecule has 0 aliphatic rings. The van der Waals surface area contributed by atoms with Crippen molar-refractivity contribution < 1.29 is 12.8 Å². The van der Waals surface area contributed by atoms with Gasteiger partial charge in [-0.2, -0.15) is 0 Å². The molecule has 0 spiro atoms. The fourth-order valence-corrected chi connectivity index (χ4v) is 11.8. The van der Waals surface area contributed by atoms with Crippen LogP contribution in [0.4, 0.5) is 0 Å². The zero-order valence-corrected chi connectivity index (χ0v) is 28.2. The summed E-state index contributed by atoms with van der Waals surface area (Å²) in [4.78, 5) is 4.31. The van der Waals surface area contributed by atoms with Gasteiger partial charge in [-0.3, -0.25) is 0 Å². The molecule has 216 valence electrons. The number of hydrogen-bond donors (Lipinski definition) is 0. The van der Waals surface area contributed by atoms with Gasteiger partial charge in [-0.25, -0.2) is 13.4 Å². The van der Waals surface area contributed by atoms with Crippen molar-refractivity contribution in [1.29, 1.82) is 0 Å². The Morgan fingerprint density at radius 3 is 2.08 bits per heavy atom. The molecule has 1 unspecified atom stereocenters. The van der Waals surface area contributed by atoms with E-state index in [0.29, 0.717) is 19.4 Å². The van der Waals surface area contributed by atoms with E-state index in [1.165, 1.54) is 5.19 Å². The van der Waals surface area contributed by atoms with Crippen LogP contribution in [0.25, 0.3) is 0 Å². The summed E-state index contributed by atoms with van der Waals surface area (Å²) < 4.78 is 35.0. The average Bonchev–Trinajstić information content (AvgIpc) is 2.92. The first kappa shape index (κ1) is 32.2. The lowest BCUT2D eigenvalue weighted by Crippen LogP contribution is -2.49. The van der Waals surface area contributed by atoms with Crippen LogP contribution in [-0.4, -0.2) is 41.6 Å². The maximum absolute atomic E-state index is 14.3. The highest BCUT2D eigenvalue weighted by atomic mass is 32.2. The lowest BCUT2D eigenvalue weighted by molar-refractivity contribution is 0.283. The quantitative estimate of drug-likeness (QED) is 0.150. The van der Waals surface area contributed by atoms with Crippen molar-refractivity contribution in [3.05, 3.63) is 102 Å². The van der Waals surface area contributed by atoms with E-state index in [1.54, 1.807) is 24.4 Å². The number of allylic oxidation sites excluding steroid dienone is 1. The Hall–Kier alpha value is -2.33. The summed E-state index contributed by atoms with van der Waals surface area (Å²) >= 11 is 0. The van der Waals surface area contributed by atoms with Crippen molar-refractivity contribution in [1.82, 2.24) is 4.98 Å². The van der Waals surface area contributed by atoms with Gasteiger partial charge in [0.15, 0.2) is 13.3 Å². The number of aryl methyl sites for hydroxylation is 1. The average molecular weight is 594 g/mol. The summed E-state index contributed by atoms with van der Waals surface area (Å²) in [6.45, 7) is 16.6. The van der Waals surface area contributed by atoms with Crippen molar-refractivity contribution in [3.63, 3.8) is 0 Å². The van der Waals surface area contributed by atoms with Gasteiger partial charge in [-0.1, -0.05) is 117 Å². The molecule has 4 nitrogen and oxygen atoms in total. The number of hydrogen-bond acceptors (Lipinski definition) is 4. The molecule has 0 saturated carbocycles. The Morgan fingerprint density at radius 2 is 1.50 bits per heavy atom. The van der Waals surface area contributed by atoms with Crippen LogP contribution in [0.15, 0.2) is 101 Å². The van der Waals surface area contributed by atoms with Gasteiger partial charge in [0.25, 0.3) is 0 Å². The molecule has 2 aromatic carbocycles. The first-order valence-electron chi connectivity index (χ1n) is 14.4. The molecule has 0 fully saturated rings. The predicted octanol–water partition coefficient (Wildman–Crippen LogP) is 7.74. The molecule has 0 radical (unpaired) electrons. The third kappa shape index (κ3) is 8.12. The van der Waals surface area contributed by atoms with Crippen molar-refractivity contribution in [3.8, 4) is 0 Å². The van der Waals surface area contributed by atoms with Crippen LogP contribution in [0.3, 0.4) is 0 Å². The van der Waals surface area contributed by atoms with Gasteiger partial charge in [0.1, 0.15) is 8.07 Å². The molecule has 0 bridgehead atoms. The molecule has 0 aliphatic heterocycles. The predicted molar refractivity (Wildman–Crippen MR) is 174 cm³/mol. The fraction of sp³-hybridized carbons (Fsp3) is 0.424. The molecule has 1 atom stereocenters. The van der Waals surface area contributed by atoms with Gasteiger partial charge >= 0.3 is 0 Å². The lowest BCUT2D eigenvalue weighted by atomic mass is 10.1. The highest BCUT2D eigenvalue weighted by Crippen LogP contribution is 2.37. The SMILES string of the molecule is CC(C)(C)[Si](C)(C)OCCC/C=C(\C(CCc1ccccc1)S(=O)(=O)c1ccccn1)[Si](C)(C)c1ccccc1. The number of benzene rings is 2. The largest absolute Gasteiger partial charge is 0.417 e. The second kappa shape index (κ2) is 13.6. The molecule has 3 aromatic rings. The van der Waals surface area contributed by atoms with Crippen LogP contribution in [0.2, 0.25) is 31.2 Å². The number of pyridine rings is 1. The first-order chi connectivity index (χ1) is 18.8. The third-order valence-electron chi connectivity index (χ3n) is 8.39. The maximum Gasteiger partial charge on any atom is 0.201 e. The number of sulfone groups is 1. The molecule has 0 aliphatic carbocycles. The minimum absolute atomic E-state index is 0.151. The molecule has 1 aromatic heterocycles. The Balaban J connectivity index is 2.01. The molecule has 0 amide bonds. The maximum atomic E-state index is 14.3. The summed E-state index contributed by atoms with van der Waals surface area (Å²) in [7, 11) is -7.91. The number of aromatic nitrogens is 1. The van der Waals surface area contributed by atoms with Gasteiger partial charge < -0.3 is 4.43 Å². The molecular formula is C33H47NO3SSi2. The van der Waals surface area contributed by atoms with Gasteiger partial charge in [0.2, 0.25) is 9.84 Å².